The van der Waals surface area contributed by atoms with E-state index in [0.717, 1.165) is 6.26 Å². The standard InChI is InChI=1S/C18H19F2NO5S/c1-25-16-9-13(5-8-15(16)26-18(19)20)10-21-17(22)14-6-3-12(4-7-14)11-27(2,23)24/h3-9,18H,10-11H2,1-2H3,(H,21,22). The first kappa shape index (κ1) is 20.6. The van der Waals surface area contributed by atoms with Crippen molar-refractivity contribution in [2.24, 2.45) is 0 Å². The lowest BCUT2D eigenvalue weighted by Crippen LogP contribution is -2.22. The van der Waals surface area contributed by atoms with Gasteiger partial charge in [0, 0.05) is 18.4 Å². The number of sulfone groups is 1. The second kappa shape index (κ2) is 8.81. The molecule has 0 fully saturated rings. The summed E-state index contributed by atoms with van der Waals surface area (Å²) in [5.41, 5.74) is 1.60. The van der Waals surface area contributed by atoms with Crippen LogP contribution in [0, 0.1) is 0 Å². The van der Waals surface area contributed by atoms with Crippen LogP contribution in [0.15, 0.2) is 42.5 Å². The maximum Gasteiger partial charge on any atom is 0.387 e. The molecule has 2 aromatic carbocycles. The summed E-state index contributed by atoms with van der Waals surface area (Å²) >= 11 is 0. The summed E-state index contributed by atoms with van der Waals surface area (Å²) in [7, 11) is -1.82. The second-order valence-corrected chi connectivity index (χ2v) is 7.95. The number of hydrogen-bond donors (Lipinski definition) is 1. The van der Waals surface area contributed by atoms with E-state index in [0.29, 0.717) is 16.7 Å². The first-order valence-electron chi connectivity index (χ1n) is 7.84. The molecule has 9 heteroatoms. The number of methoxy groups -OCH3 is 1. The molecule has 1 amide bonds. The van der Waals surface area contributed by atoms with E-state index in [1.54, 1.807) is 12.1 Å². The van der Waals surface area contributed by atoms with E-state index in [1.165, 1.54) is 37.4 Å². The summed E-state index contributed by atoms with van der Waals surface area (Å²) in [4.78, 5) is 12.2. The van der Waals surface area contributed by atoms with Gasteiger partial charge >= 0.3 is 6.61 Å². The van der Waals surface area contributed by atoms with Crippen molar-refractivity contribution in [1.82, 2.24) is 5.32 Å². The van der Waals surface area contributed by atoms with E-state index in [9.17, 15) is 22.0 Å². The fourth-order valence-electron chi connectivity index (χ4n) is 2.35. The number of ether oxygens (including phenoxy) is 2. The van der Waals surface area contributed by atoms with Gasteiger partial charge in [-0.3, -0.25) is 4.79 Å². The van der Waals surface area contributed by atoms with Crippen molar-refractivity contribution in [3.05, 3.63) is 59.2 Å². The Balaban J connectivity index is 2.00. The number of nitrogens with one attached hydrogen (secondary N) is 1. The number of alkyl halides is 2. The van der Waals surface area contributed by atoms with Crippen LogP contribution in [0.5, 0.6) is 11.5 Å². The van der Waals surface area contributed by atoms with Gasteiger partial charge in [0.1, 0.15) is 0 Å². The van der Waals surface area contributed by atoms with E-state index in [-0.39, 0.29) is 29.7 Å². The van der Waals surface area contributed by atoms with Gasteiger partial charge in [0.2, 0.25) is 0 Å². The van der Waals surface area contributed by atoms with Gasteiger partial charge in [0.05, 0.1) is 12.9 Å². The molecule has 1 N–H and O–H groups in total. The summed E-state index contributed by atoms with van der Waals surface area (Å²) in [6.45, 7) is -2.81. The summed E-state index contributed by atoms with van der Waals surface area (Å²) in [5.74, 6) is -0.411. The zero-order chi connectivity index (χ0) is 20.0. The van der Waals surface area contributed by atoms with Crippen LogP contribution in [0.3, 0.4) is 0 Å². The van der Waals surface area contributed by atoms with E-state index >= 15 is 0 Å². The Morgan fingerprint density at radius 3 is 2.26 bits per heavy atom. The Labute approximate surface area is 156 Å². The quantitative estimate of drug-likeness (QED) is 0.738. The fourth-order valence-corrected chi connectivity index (χ4v) is 3.15. The molecule has 0 aliphatic heterocycles. The molecule has 6 nitrogen and oxygen atoms in total. The minimum absolute atomic E-state index is 0.0935. The molecule has 0 aliphatic rings. The monoisotopic (exact) mass is 399 g/mol. The predicted octanol–water partition coefficient (Wildman–Crippen LogP) is 2.77. The molecule has 2 aromatic rings. The zero-order valence-corrected chi connectivity index (χ0v) is 15.6. The molecule has 27 heavy (non-hydrogen) atoms. The van der Waals surface area contributed by atoms with Crippen molar-refractivity contribution in [3.63, 3.8) is 0 Å². The molecule has 0 saturated carbocycles. The van der Waals surface area contributed by atoms with Crippen LogP contribution >= 0.6 is 0 Å². The Morgan fingerprint density at radius 1 is 1.07 bits per heavy atom. The number of amides is 1. The smallest absolute Gasteiger partial charge is 0.387 e. The van der Waals surface area contributed by atoms with Crippen LogP contribution in [-0.4, -0.2) is 34.3 Å². The van der Waals surface area contributed by atoms with E-state index < -0.39 is 16.4 Å². The lowest BCUT2D eigenvalue weighted by molar-refractivity contribution is -0.0512. The highest BCUT2D eigenvalue weighted by Gasteiger charge is 2.12. The molecule has 0 atom stereocenters. The van der Waals surface area contributed by atoms with Crippen LogP contribution in [0.4, 0.5) is 8.78 Å². The minimum Gasteiger partial charge on any atom is -0.493 e. The van der Waals surface area contributed by atoms with Crippen LogP contribution in [0.25, 0.3) is 0 Å². The average Bonchev–Trinajstić information content (AvgIpc) is 2.59. The second-order valence-electron chi connectivity index (χ2n) is 5.81. The lowest BCUT2D eigenvalue weighted by atomic mass is 10.1. The highest BCUT2D eigenvalue weighted by Crippen LogP contribution is 2.29. The Kier molecular flexibility index (Phi) is 6.73. The highest BCUT2D eigenvalue weighted by molar-refractivity contribution is 7.89. The van der Waals surface area contributed by atoms with E-state index in [2.05, 4.69) is 10.1 Å². The molecule has 0 aliphatic carbocycles. The third-order valence-electron chi connectivity index (χ3n) is 3.54. The lowest BCUT2D eigenvalue weighted by Gasteiger charge is -2.12. The van der Waals surface area contributed by atoms with Crippen molar-refractivity contribution in [1.29, 1.82) is 0 Å². The summed E-state index contributed by atoms with van der Waals surface area (Å²) in [6, 6.07) is 10.6. The number of hydrogen-bond acceptors (Lipinski definition) is 5. The van der Waals surface area contributed by atoms with Crippen molar-refractivity contribution in [2.45, 2.75) is 18.9 Å². The van der Waals surface area contributed by atoms with Gasteiger partial charge in [-0.1, -0.05) is 18.2 Å². The molecular weight excluding hydrogens is 380 g/mol. The van der Waals surface area contributed by atoms with Gasteiger partial charge in [0.15, 0.2) is 21.3 Å². The van der Waals surface area contributed by atoms with Crippen molar-refractivity contribution in [3.8, 4) is 11.5 Å². The van der Waals surface area contributed by atoms with Gasteiger partial charge in [0.25, 0.3) is 5.91 Å². The van der Waals surface area contributed by atoms with Gasteiger partial charge in [-0.15, -0.1) is 0 Å². The molecule has 0 unspecified atom stereocenters. The van der Waals surface area contributed by atoms with Gasteiger partial charge in [-0.25, -0.2) is 8.42 Å². The SMILES string of the molecule is COc1cc(CNC(=O)c2ccc(CS(C)(=O)=O)cc2)ccc1OC(F)F. The molecule has 0 saturated heterocycles. The van der Waals surface area contributed by atoms with Gasteiger partial charge in [-0.2, -0.15) is 8.78 Å². The maximum atomic E-state index is 12.3. The van der Waals surface area contributed by atoms with Crippen molar-refractivity contribution >= 4 is 15.7 Å². The van der Waals surface area contributed by atoms with Crippen LogP contribution in [0.1, 0.15) is 21.5 Å². The first-order chi connectivity index (χ1) is 12.7. The largest absolute Gasteiger partial charge is 0.493 e. The average molecular weight is 399 g/mol. The topological polar surface area (TPSA) is 81.7 Å². The fraction of sp³-hybridized carbons (Fsp3) is 0.278. The molecule has 0 heterocycles. The van der Waals surface area contributed by atoms with Crippen LogP contribution < -0.4 is 14.8 Å². The molecule has 2 rings (SSSR count). The Morgan fingerprint density at radius 2 is 1.70 bits per heavy atom. The number of carbonyl (C=O) groups excluding carboxylic acids is 1. The third kappa shape index (κ3) is 6.52. The molecule has 0 spiro atoms. The number of halogens is 2. The molecular formula is C18H19F2NO5S. The molecule has 146 valence electrons. The van der Waals surface area contributed by atoms with E-state index in [4.69, 9.17) is 4.74 Å². The number of carbonyl (C=O) groups is 1. The molecule has 0 bridgehead atoms. The Bertz CT molecular complexity index is 898. The molecule has 0 aromatic heterocycles. The summed E-state index contributed by atoms with van der Waals surface area (Å²) in [5, 5.41) is 2.69. The van der Waals surface area contributed by atoms with Crippen molar-refractivity contribution in [2.75, 3.05) is 13.4 Å². The normalized spacial score (nSPS) is 11.3. The number of benzene rings is 2. The first-order valence-corrected chi connectivity index (χ1v) is 9.90. The zero-order valence-electron chi connectivity index (χ0n) is 14.7. The minimum atomic E-state index is -3.14. The van der Waals surface area contributed by atoms with Crippen LogP contribution in [0.2, 0.25) is 0 Å². The van der Waals surface area contributed by atoms with E-state index in [1.807, 2.05) is 0 Å². The number of rotatable bonds is 8. The van der Waals surface area contributed by atoms with Gasteiger partial charge < -0.3 is 14.8 Å². The van der Waals surface area contributed by atoms with Gasteiger partial charge in [-0.05, 0) is 35.4 Å². The third-order valence-corrected chi connectivity index (χ3v) is 4.40. The Hall–Kier alpha value is -2.68. The predicted molar refractivity (Wildman–Crippen MR) is 95.8 cm³/mol. The van der Waals surface area contributed by atoms with Crippen LogP contribution in [-0.2, 0) is 22.1 Å². The summed E-state index contributed by atoms with van der Waals surface area (Å²) in [6.07, 6.45) is 1.14. The van der Waals surface area contributed by atoms with Crippen molar-refractivity contribution < 1.29 is 31.5 Å². The summed E-state index contributed by atoms with van der Waals surface area (Å²) < 4.78 is 56.6. The molecule has 0 radical (unpaired) electrons. The highest BCUT2D eigenvalue weighted by atomic mass is 32.2. The maximum absolute atomic E-state index is 12.3.